The average Bonchev–Trinajstić information content (AvgIpc) is 3.15. The number of aryl methyl sites for hydroxylation is 4. The van der Waals surface area contributed by atoms with Crippen molar-refractivity contribution in [3.8, 4) is 5.69 Å². The van der Waals surface area contributed by atoms with Crippen molar-refractivity contribution in [2.24, 2.45) is 0 Å². The Hall–Kier alpha value is -3.42. The number of hydrogen-bond donors (Lipinski definition) is 1. The van der Waals surface area contributed by atoms with Crippen LogP contribution in [0.2, 0.25) is 0 Å². The minimum absolute atomic E-state index is 0.0344. The molecule has 0 radical (unpaired) electrons. The summed E-state index contributed by atoms with van der Waals surface area (Å²) in [6.45, 7) is 7.13. The lowest BCUT2D eigenvalue weighted by atomic mass is 10.2. The number of ether oxygens (including phenoxy) is 1. The van der Waals surface area contributed by atoms with Crippen LogP contribution in [0.5, 0.6) is 0 Å². The lowest BCUT2D eigenvalue weighted by molar-refractivity contribution is -0.148. The molecule has 1 N–H and O–H groups in total. The summed E-state index contributed by atoms with van der Waals surface area (Å²) in [7, 11) is 0. The molecular weight excluding hydrogens is 358 g/mol. The van der Waals surface area contributed by atoms with E-state index in [0.717, 1.165) is 28.3 Å². The third kappa shape index (κ3) is 4.64. The van der Waals surface area contributed by atoms with Crippen LogP contribution in [-0.2, 0) is 20.9 Å². The second-order valence-electron chi connectivity index (χ2n) is 6.71. The Balaban J connectivity index is 1.60. The molecular formula is C20H23N5O3. The largest absolute Gasteiger partial charge is 0.454 e. The van der Waals surface area contributed by atoms with Crippen molar-refractivity contribution in [3.63, 3.8) is 0 Å². The second kappa shape index (κ2) is 8.08. The van der Waals surface area contributed by atoms with E-state index in [1.807, 2.05) is 58.0 Å². The highest BCUT2D eigenvalue weighted by Crippen LogP contribution is 2.17. The Labute approximate surface area is 163 Å². The number of rotatable bonds is 6. The van der Waals surface area contributed by atoms with Gasteiger partial charge in [-0.3, -0.25) is 14.3 Å². The molecule has 0 aliphatic rings. The SMILES string of the molecule is Cc1ccc(-n2nc(C)cc2NC(=O)COC(=O)Cn2nc(C)cc2C)cc1. The van der Waals surface area contributed by atoms with Crippen molar-refractivity contribution in [2.75, 3.05) is 11.9 Å². The second-order valence-corrected chi connectivity index (χ2v) is 6.71. The third-order valence-electron chi connectivity index (χ3n) is 4.12. The molecule has 0 atom stereocenters. The maximum absolute atomic E-state index is 12.2. The van der Waals surface area contributed by atoms with Gasteiger partial charge in [-0.1, -0.05) is 17.7 Å². The number of aromatic nitrogens is 4. The maximum atomic E-state index is 12.2. The van der Waals surface area contributed by atoms with E-state index >= 15 is 0 Å². The number of esters is 1. The van der Waals surface area contributed by atoms with Gasteiger partial charge in [0, 0.05) is 11.8 Å². The molecule has 2 heterocycles. The summed E-state index contributed by atoms with van der Waals surface area (Å²) in [4.78, 5) is 24.2. The molecule has 1 amide bonds. The van der Waals surface area contributed by atoms with Crippen LogP contribution in [0.1, 0.15) is 22.6 Å². The molecule has 146 valence electrons. The van der Waals surface area contributed by atoms with Gasteiger partial charge < -0.3 is 10.1 Å². The third-order valence-corrected chi connectivity index (χ3v) is 4.12. The zero-order valence-corrected chi connectivity index (χ0v) is 16.4. The van der Waals surface area contributed by atoms with Crippen LogP contribution in [0, 0.1) is 27.7 Å². The quantitative estimate of drug-likeness (QED) is 0.663. The summed E-state index contributed by atoms with van der Waals surface area (Å²) in [6, 6.07) is 11.4. The van der Waals surface area contributed by atoms with Gasteiger partial charge in [-0.15, -0.1) is 0 Å². The molecule has 3 rings (SSSR count). The summed E-state index contributed by atoms with van der Waals surface area (Å²) in [5.74, 6) is -0.444. The van der Waals surface area contributed by atoms with Crippen LogP contribution in [0.25, 0.3) is 5.69 Å². The molecule has 1 aromatic carbocycles. The summed E-state index contributed by atoms with van der Waals surface area (Å²) < 4.78 is 8.26. The first-order valence-electron chi connectivity index (χ1n) is 8.92. The van der Waals surface area contributed by atoms with E-state index in [4.69, 9.17) is 4.74 Å². The van der Waals surface area contributed by atoms with E-state index in [9.17, 15) is 9.59 Å². The fraction of sp³-hybridized carbons (Fsp3) is 0.300. The zero-order valence-electron chi connectivity index (χ0n) is 16.4. The van der Waals surface area contributed by atoms with Crippen molar-refractivity contribution in [3.05, 3.63) is 59.0 Å². The van der Waals surface area contributed by atoms with Crippen LogP contribution < -0.4 is 5.32 Å². The van der Waals surface area contributed by atoms with Crippen molar-refractivity contribution in [1.82, 2.24) is 19.6 Å². The van der Waals surface area contributed by atoms with Crippen molar-refractivity contribution in [1.29, 1.82) is 0 Å². The van der Waals surface area contributed by atoms with Gasteiger partial charge in [-0.2, -0.15) is 10.2 Å². The molecule has 0 saturated heterocycles. The van der Waals surface area contributed by atoms with E-state index in [-0.39, 0.29) is 13.2 Å². The van der Waals surface area contributed by atoms with Gasteiger partial charge in [0.2, 0.25) is 0 Å². The summed E-state index contributed by atoms with van der Waals surface area (Å²) in [6.07, 6.45) is 0. The molecule has 28 heavy (non-hydrogen) atoms. The Kier molecular flexibility index (Phi) is 5.58. The normalized spacial score (nSPS) is 10.7. The van der Waals surface area contributed by atoms with E-state index in [1.165, 1.54) is 0 Å². The molecule has 0 unspecified atom stereocenters. The molecule has 0 aliphatic carbocycles. The Morgan fingerprint density at radius 3 is 2.32 bits per heavy atom. The number of nitrogens with one attached hydrogen (secondary N) is 1. The fourth-order valence-corrected chi connectivity index (χ4v) is 2.80. The van der Waals surface area contributed by atoms with Crippen LogP contribution in [0.4, 0.5) is 5.82 Å². The van der Waals surface area contributed by atoms with Gasteiger partial charge in [0.15, 0.2) is 6.61 Å². The van der Waals surface area contributed by atoms with Gasteiger partial charge in [-0.25, -0.2) is 4.68 Å². The van der Waals surface area contributed by atoms with E-state index in [1.54, 1.807) is 15.4 Å². The van der Waals surface area contributed by atoms with E-state index in [0.29, 0.717) is 5.82 Å². The molecule has 0 aliphatic heterocycles. The fourth-order valence-electron chi connectivity index (χ4n) is 2.80. The van der Waals surface area contributed by atoms with Gasteiger partial charge >= 0.3 is 5.97 Å². The van der Waals surface area contributed by atoms with Crippen LogP contribution >= 0.6 is 0 Å². The van der Waals surface area contributed by atoms with Crippen molar-refractivity contribution in [2.45, 2.75) is 34.2 Å². The number of anilines is 1. The Bertz CT molecular complexity index is 1000. The first kappa shape index (κ1) is 19.3. The average molecular weight is 381 g/mol. The molecule has 0 saturated carbocycles. The zero-order chi connectivity index (χ0) is 20.3. The van der Waals surface area contributed by atoms with E-state index in [2.05, 4.69) is 15.5 Å². The van der Waals surface area contributed by atoms with Gasteiger partial charge in [0.1, 0.15) is 12.4 Å². The molecule has 0 spiro atoms. The Morgan fingerprint density at radius 2 is 1.68 bits per heavy atom. The van der Waals surface area contributed by atoms with Gasteiger partial charge in [0.25, 0.3) is 5.91 Å². The van der Waals surface area contributed by atoms with E-state index < -0.39 is 11.9 Å². The van der Waals surface area contributed by atoms with Crippen LogP contribution in [0.3, 0.4) is 0 Å². The van der Waals surface area contributed by atoms with Crippen molar-refractivity contribution >= 4 is 17.7 Å². The first-order valence-corrected chi connectivity index (χ1v) is 8.92. The molecule has 0 bridgehead atoms. The number of carbonyl (C=O) groups excluding carboxylic acids is 2. The predicted molar refractivity (Wildman–Crippen MR) is 104 cm³/mol. The minimum atomic E-state index is -0.524. The highest BCUT2D eigenvalue weighted by Gasteiger charge is 2.14. The minimum Gasteiger partial charge on any atom is -0.454 e. The molecule has 2 aromatic heterocycles. The number of amides is 1. The number of carbonyl (C=O) groups is 2. The van der Waals surface area contributed by atoms with Crippen LogP contribution in [-0.4, -0.2) is 38.0 Å². The van der Waals surface area contributed by atoms with Gasteiger partial charge in [0.05, 0.1) is 17.1 Å². The van der Waals surface area contributed by atoms with Gasteiger partial charge in [-0.05, 0) is 45.9 Å². The monoisotopic (exact) mass is 381 g/mol. The lowest BCUT2D eigenvalue weighted by Crippen LogP contribution is -2.24. The molecule has 3 aromatic rings. The number of nitrogens with zero attached hydrogens (tertiary/aromatic N) is 4. The molecule has 0 fully saturated rings. The predicted octanol–water partition coefficient (Wildman–Crippen LogP) is 2.48. The number of benzene rings is 1. The molecule has 8 nitrogen and oxygen atoms in total. The number of hydrogen-bond acceptors (Lipinski definition) is 5. The lowest BCUT2D eigenvalue weighted by Gasteiger charge is -2.10. The van der Waals surface area contributed by atoms with Crippen LogP contribution in [0.15, 0.2) is 36.4 Å². The summed E-state index contributed by atoms with van der Waals surface area (Å²) in [5, 5.41) is 11.4. The topological polar surface area (TPSA) is 91.0 Å². The maximum Gasteiger partial charge on any atom is 0.328 e. The summed E-state index contributed by atoms with van der Waals surface area (Å²) >= 11 is 0. The smallest absolute Gasteiger partial charge is 0.328 e. The highest BCUT2D eigenvalue weighted by atomic mass is 16.5. The molecule has 8 heteroatoms. The Morgan fingerprint density at radius 1 is 1.00 bits per heavy atom. The standard InChI is InChI=1S/C20H23N5O3/c1-13-5-7-17(8-6-13)25-18(10-15(3)23-25)21-19(26)12-28-20(27)11-24-16(4)9-14(2)22-24/h5-10H,11-12H2,1-4H3,(H,21,26). The highest BCUT2D eigenvalue weighted by molar-refractivity contribution is 5.92. The summed E-state index contributed by atoms with van der Waals surface area (Å²) in [5.41, 5.74) is 4.40. The first-order chi connectivity index (χ1) is 13.3. The van der Waals surface area contributed by atoms with Crippen molar-refractivity contribution < 1.29 is 14.3 Å².